The number of aryl methyl sites for hydroxylation is 2. The van der Waals surface area contributed by atoms with Crippen molar-refractivity contribution in [1.29, 1.82) is 0 Å². The van der Waals surface area contributed by atoms with Gasteiger partial charge in [-0.05, 0) is 98.0 Å². The van der Waals surface area contributed by atoms with E-state index in [1.54, 1.807) is 22.9 Å². The molecule has 5 aromatic rings. The van der Waals surface area contributed by atoms with Gasteiger partial charge >= 0.3 is 0 Å². The molecule has 2 N–H and O–H groups in total. The van der Waals surface area contributed by atoms with Crippen molar-refractivity contribution in [3.63, 3.8) is 0 Å². The second-order valence-electron chi connectivity index (χ2n) is 13.9. The van der Waals surface area contributed by atoms with E-state index in [1.165, 1.54) is 11.1 Å². The maximum atomic E-state index is 14.1. The topological polar surface area (TPSA) is 82.5 Å². The zero-order valence-corrected chi connectivity index (χ0v) is 32.7. The van der Waals surface area contributed by atoms with Crippen molar-refractivity contribution in [1.82, 2.24) is 25.4 Å². The molecule has 0 radical (unpaired) electrons. The fourth-order valence-corrected chi connectivity index (χ4v) is 9.07. The Kier molecular flexibility index (Phi) is 10.5. The van der Waals surface area contributed by atoms with Gasteiger partial charge in [-0.15, -0.1) is 0 Å². The molecule has 2 heterocycles. The van der Waals surface area contributed by atoms with Gasteiger partial charge in [-0.3, -0.25) is 14.6 Å². The van der Waals surface area contributed by atoms with E-state index in [4.69, 9.17) is 51.5 Å². The molecular weight excluding hydrogens is 762 g/mol. The van der Waals surface area contributed by atoms with Crippen molar-refractivity contribution in [3.05, 3.63) is 139 Å². The Labute approximate surface area is 334 Å². The van der Waals surface area contributed by atoms with Crippen molar-refractivity contribution < 1.29 is 9.59 Å². The van der Waals surface area contributed by atoms with Crippen LogP contribution in [-0.2, 0) is 24.1 Å². The molecule has 0 spiro atoms. The van der Waals surface area contributed by atoms with Crippen LogP contribution in [0.5, 0.6) is 0 Å². The molecule has 0 fully saturated rings. The normalized spacial score (nSPS) is 16.5. The van der Waals surface area contributed by atoms with Gasteiger partial charge in [-0.25, -0.2) is 9.69 Å². The smallest absolute Gasteiger partial charge is 0.272 e. The van der Waals surface area contributed by atoms with E-state index in [2.05, 4.69) is 46.0 Å². The van der Waals surface area contributed by atoms with E-state index in [-0.39, 0.29) is 11.8 Å². The van der Waals surface area contributed by atoms with E-state index in [1.807, 2.05) is 48.5 Å². The minimum atomic E-state index is -0.533. The van der Waals surface area contributed by atoms with Gasteiger partial charge in [0, 0.05) is 46.9 Å². The van der Waals surface area contributed by atoms with Crippen LogP contribution in [0.15, 0.2) is 90.5 Å². The minimum Gasteiger partial charge on any atom is -0.354 e. The summed E-state index contributed by atoms with van der Waals surface area (Å²) in [6.07, 6.45) is 5.63. The van der Waals surface area contributed by atoms with Crippen molar-refractivity contribution in [2.24, 2.45) is 0 Å². The number of likely N-dealkylation sites (N-methyl/N-ethyl adjacent to an activating group) is 1. The van der Waals surface area contributed by atoms with E-state index in [0.29, 0.717) is 57.4 Å². The fourth-order valence-electron chi connectivity index (χ4n) is 8.10. The number of halogens is 4. The van der Waals surface area contributed by atoms with Crippen LogP contribution in [-0.4, -0.2) is 52.8 Å². The third kappa shape index (κ3) is 6.80. The molecule has 0 bridgehead atoms. The number of amides is 2. The van der Waals surface area contributed by atoms with Gasteiger partial charge in [0.15, 0.2) is 5.69 Å². The van der Waals surface area contributed by atoms with E-state index < -0.39 is 6.04 Å². The first-order valence-electron chi connectivity index (χ1n) is 18.2. The molecule has 3 aliphatic rings. The molecule has 276 valence electrons. The summed E-state index contributed by atoms with van der Waals surface area (Å²) in [5.74, 6) is -0.371. The predicted molar refractivity (Wildman–Crippen MR) is 218 cm³/mol. The minimum absolute atomic E-state index is 0.106. The summed E-state index contributed by atoms with van der Waals surface area (Å²) >= 11 is 26.0. The van der Waals surface area contributed by atoms with Crippen LogP contribution in [0.3, 0.4) is 0 Å². The lowest BCUT2D eigenvalue weighted by Crippen LogP contribution is -2.48. The molecule has 2 amide bonds. The Bertz CT molecular complexity index is 2320. The molecule has 2 aliphatic carbocycles. The third-order valence-electron chi connectivity index (χ3n) is 10.5. The van der Waals surface area contributed by atoms with Gasteiger partial charge in [0.25, 0.3) is 5.91 Å². The van der Waals surface area contributed by atoms with Crippen molar-refractivity contribution in [3.8, 4) is 16.9 Å². The number of hydrogen-bond donors (Lipinski definition) is 2. The third-order valence-corrected chi connectivity index (χ3v) is 11.6. The molecule has 1 aliphatic heterocycles. The number of carbonyl (C=O) groups is 2. The number of fused-ring (bicyclic) bond motifs is 5. The first-order chi connectivity index (χ1) is 26.2. The Balaban J connectivity index is 0.992. The summed E-state index contributed by atoms with van der Waals surface area (Å²) in [5.41, 5.74) is 10.2. The number of benzene rings is 4. The summed E-state index contributed by atoms with van der Waals surface area (Å²) in [5, 5.41) is 17.1. The van der Waals surface area contributed by atoms with Crippen molar-refractivity contribution >= 4 is 69.6 Å². The number of aromatic nitrogens is 2. The second-order valence-corrected chi connectivity index (χ2v) is 15.6. The first-order valence-corrected chi connectivity index (χ1v) is 19.7. The van der Waals surface area contributed by atoms with E-state index >= 15 is 0 Å². The Morgan fingerprint density at radius 3 is 2.06 bits per heavy atom. The lowest BCUT2D eigenvalue weighted by Gasteiger charge is -2.33. The van der Waals surface area contributed by atoms with Gasteiger partial charge in [0.05, 0.1) is 32.8 Å². The van der Waals surface area contributed by atoms with Gasteiger partial charge in [0.1, 0.15) is 6.04 Å². The molecule has 0 saturated carbocycles. The number of carbonyl (C=O) groups excluding carboxylic acids is 2. The summed E-state index contributed by atoms with van der Waals surface area (Å²) in [6, 6.07) is 26.8. The first kappa shape index (κ1) is 36.7. The van der Waals surface area contributed by atoms with Gasteiger partial charge < -0.3 is 10.6 Å². The lowest BCUT2D eigenvalue weighted by molar-refractivity contribution is -0.124. The summed E-state index contributed by atoms with van der Waals surface area (Å²) in [4.78, 5) is 27.9. The quantitative estimate of drug-likeness (QED) is 0.153. The molecular formula is C42H38Cl4N6O2. The number of anilines is 1. The molecule has 1 aromatic heterocycles. The Morgan fingerprint density at radius 2 is 1.35 bits per heavy atom. The zero-order chi connectivity index (χ0) is 37.5. The average molecular weight is 801 g/mol. The summed E-state index contributed by atoms with van der Waals surface area (Å²) in [6.45, 7) is 0.734. The Hall–Kier alpha value is -4.31. The van der Waals surface area contributed by atoms with Crippen molar-refractivity contribution in [2.75, 3.05) is 25.1 Å². The second kappa shape index (κ2) is 15.4. The van der Waals surface area contributed by atoms with Crippen LogP contribution in [0.2, 0.25) is 20.1 Å². The SMILES string of the molecule is CN1C(C(=O)NCCCNC(=O)c2nn(-c3ccc(Cl)cc3Cl)c3c2CCCc2ccccc2-3)C2=C(c3ccccc3CCC2)N1c1ccc(Cl)cc1Cl. The Morgan fingerprint density at radius 1 is 0.741 bits per heavy atom. The highest BCUT2D eigenvalue weighted by molar-refractivity contribution is 6.37. The molecule has 12 heteroatoms. The van der Waals surface area contributed by atoms with Crippen LogP contribution >= 0.6 is 46.4 Å². The molecule has 8 rings (SSSR count). The number of nitrogens with one attached hydrogen (secondary N) is 2. The lowest BCUT2D eigenvalue weighted by atomic mass is 9.98. The largest absolute Gasteiger partial charge is 0.354 e. The number of hydrogen-bond acceptors (Lipinski definition) is 5. The van der Waals surface area contributed by atoms with E-state index in [0.717, 1.165) is 71.4 Å². The molecule has 54 heavy (non-hydrogen) atoms. The number of nitrogens with zero attached hydrogens (tertiary/aromatic N) is 4. The van der Waals surface area contributed by atoms with Gasteiger partial charge in [0.2, 0.25) is 5.91 Å². The van der Waals surface area contributed by atoms with Crippen LogP contribution in [0.25, 0.3) is 22.6 Å². The van der Waals surface area contributed by atoms with E-state index in [9.17, 15) is 9.59 Å². The predicted octanol–water partition coefficient (Wildman–Crippen LogP) is 9.36. The molecule has 1 atom stereocenters. The summed E-state index contributed by atoms with van der Waals surface area (Å²) in [7, 11) is 1.92. The molecule has 4 aromatic carbocycles. The summed E-state index contributed by atoms with van der Waals surface area (Å²) < 4.78 is 1.78. The average Bonchev–Trinajstić information content (AvgIpc) is 3.49. The van der Waals surface area contributed by atoms with Crippen LogP contribution in [0, 0.1) is 0 Å². The van der Waals surface area contributed by atoms with Gasteiger partial charge in [-0.2, -0.15) is 5.10 Å². The highest BCUT2D eigenvalue weighted by Gasteiger charge is 2.43. The fraction of sp³-hybridized carbons (Fsp3) is 0.262. The number of hydrazine groups is 1. The standard InChI is InChI=1S/C42H38Cl4N6O2/c1-50-40(32-16-7-12-26-10-3-5-14-30(26)39(32)52(50)36-20-18-28(44)24-34(36)46)42(54)48-22-8-21-47-41(53)37-31-15-6-11-25-9-2-4-13-29(25)38(31)51(49-37)35-19-17-27(43)23-33(35)45/h2-5,9-10,13-14,17-20,23-24,40H,6-8,11-12,15-16,21-22H2,1H3,(H,47,53)(H,48,54). The molecule has 8 nitrogen and oxygen atoms in total. The highest BCUT2D eigenvalue weighted by Crippen LogP contribution is 2.46. The van der Waals surface area contributed by atoms with Crippen LogP contribution < -0.4 is 15.6 Å². The zero-order valence-electron chi connectivity index (χ0n) is 29.6. The maximum absolute atomic E-state index is 14.1. The highest BCUT2D eigenvalue weighted by atomic mass is 35.5. The van der Waals surface area contributed by atoms with Crippen LogP contribution in [0.4, 0.5) is 5.69 Å². The molecule has 0 saturated heterocycles. The molecule has 1 unspecified atom stereocenters. The maximum Gasteiger partial charge on any atom is 0.272 e. The number of rotatable bonds is 8. The monoisotopic (exact) mass is 798 g/mol. The van der Waals surface area contributed by atoms with Gasteiger partial charge in [-0.1, -0.05) is 94.9 Å². The van der Waals surface area contributed by atoms with Crippen LogP contribution in [0.1, 0.15) is 58.4 Å². The van der Waals surface area contributed by atoms with Crippen molar-refractivity contribution in [2.45, 2.75) is 51.0 Å².